The van der Waals surface area contributed by atoms with Gasteiger partial charge in [-0.1, -0.05) is 6.07 Å². The van der Waals surface area contributed by atoms with Gasteiger partial charge >= 0.3 is 5.97 Å². The lowest BCUT2D eigenvalue weighted by Crippen LogP contribution is -2.29. The monoisotopic (exact) mass is 339 g/mol. The molecule has 0 unspecified atom stereocenters. The third kappa shape index (κ3) is 3.60. The fourth-order valence-electron chi connectivity index (χ4n) is 2.57. The maximum absolute atomic E-state index is 12.2. The fraction of sp³-hybridized carbons (Fsp3) is 0.467. The smallest absolute Gasteiger partial charge is 0.306 e. The summed E-state index contributed by atoms with van der Waals surface area (Å²) < 4.78 is 0.857. The number of anilines is 1. The standard InChI is InChI=1S/C15H18BrNO3/c1-9-2-7-12(16)13(8-9)17-14(18)10-3-5-11(6-4-10)15(19)20/h2,7-8,10-11H,3-6H2,1H3,(H,17,18)(H,19,20). The molecule has 2 rings (SSSR count). The van der Waals surface area contributed by atoms with Crippen LogP contribution < -0.4 is 5.32 Å². The molecule has 1 amide bonds. The molecule has 0 saturated heterocycles. The number of nitrogens with one attached hydrogen (secondary N) is 1. The molecule has 0 aromatic heterocycles. The second kappa shape index (κ2) is 6.39. The molecular weight excluding hydrogens is 322 g/mol. The third-order valence-corrected chi connectivity index (χ3v) is 4.52. The van der Waals surface area contributed by atoms with E-state index < -0.39 is 5.97 Å². The van der Waals surface area contributed by atoms with Gasteiger partial charge in [0, 0.05) is 10.4 Å². The zero-order chi connectivity index (χ0) is 14.7. The SMILES string of the molecule is Cc1ccc(Br)c(NC(=O)C2CCC(C(=O)O)CC2)c1. The Bertz CT molecular complexity index is 522. The van der Waals surface area contributed by atoms with Crippen LogP contribution in [0.4, 0.5) is 5.69 Å². The second-order valence-electron chi connectivity index (χ2n) is 5.36. The van der Waals surface area contributed by atoms with Crippen LogP contribution in [-0.2, 0) is 9.59 Å². The van der Waals surface area contributed by atoms with Gasteiger partial charge in [-0.2, -0.15) is 0 Å². The van der Waals surface area contributed by atoms with Gasteiger partial charge in [-0.15, -0.1) is 0 Å². The second-order valence-corrected chi connectivity index (χ2v) is 6.21. The van der Waals surface area contributed by atoms with E-state index in [1.165, 1.54) is 0 Å². The number of carboxylic acid groups (broad SMARTS) is 1. The van der Waals surface area contributed by atoms with Crippen molar-refractivity contribution in [1.29, 1.82) is 0 Å². The van der Waals surface area contributed by atoms with E-state index in [0.29, 0.717) is 25.7 Å². The van der Waals surface area contributed by atoms with Crippen LogP contribution in [0.5, 0.6) is 0 Å². The molecule has 1 saturated carbocycles. The first-order valence-corrected chi connectivity index (χ1v) is 7.56. The number of benzene rings is 1. The molecular formula is C15H18BrNO3. The number of aliphatic carboxylic acids is 1. The summed E-state index contributed by atoms with van der Waals surface area (Å²) >= 11 is 3.42. The van der Waals surface area contributed by atoms with Crippen LogP contribution in [0.2, 0.25) is 0 Å². The lowest BCUT2D eigenvalue weighted by Gasteiger charge is -2.25. The first-order valence-electron chi connectivity index (χ1n) is 6.77. The highest BCUT2D eigenvalue weighted by Gasteiger charge is 2.29. The molecule has 0 atom stereocenters. The largest absolute Gasteiger partial charge is 0.481 e. The predicted octanol–water partition coefficient (Wildman–Crippen LogP) is 3.59. The minimum Gasteiger partial charge on any atom is -0.481 e. The van der Waals surface area contributed by atoms with Crippen molar-refractivity contribution in [3.63, 3.8) is 0 Å². The van der Waals surface area contributed by atoms with Crippen LogP contribution in [-0.4, -0.2) is 17.0 Å². The van der Waals surface area contributed by atoms with E-state index in [4.69, 9.17) is 5.11 Å². The van der Waals surface area contributed by atoms with Crippen molar-refractivity contribution in [2.24, 2.45) is 11.8 Å². The quantitative estimate of drug-likeness (QED) is 0.884. The molecule has 108 valence electrons. The molecule has 5 heteroatoms. The number of carboxylic acids is 1. The maximum Gasteiger partial charge on any atom is 0.306 e. The molecule has 1 aliphatic rings. The first kappa shape index (κ1) is 15.0. The molecule has 2 N–H and O–H groups in total. The minimum absolute atomic E-state index is 0.0138. The van der Waals surface area contributed by atoms with Crippen molar-refractivity contribution in [3.8, 4) is 0 Å². The molecule has 1 fully saturated rings. The van der Waals surface area contributed by atoms with Gasteiger partial charge in [-0.25, -0.2) is 0 Å². The zero-order valence-electron chi connectivity index (χ0n) is 11.4. The lowest BCUT2D eigenvalue weighted by atomic mass is 9.81. The number of halogens is 1. The molecule has 20 heavy (non-hydrogen) atoms. The molecule has 0 bridgehead atoms. The van der Waals surface area contributed by atoms with Crippen LogP contribution in [0.15, 0.2) is 22.7 Å². The van der Waals surface area contributed by atoms with Gasteiger partial charge in [-0.05, 0) is 66.2 Å². The summed E-state index contributed by atoms with van der Waals surface area (Å²) in [7, 11) is 0. The van der Waals surface area contributed by atoms with Gasteiger partial charge in [0.2, 0.25) is 5.91 Å². The summed E-state index contributed by atoms with van der Waals surface area (Å²) in [6.45, 7) is 1.97. The van der Waals surface area contributed by atoms with Crippen molar-refractivity contribution in [1.82, 2.24) is 0 Å². The summed E-state index contributed by atoms with van der Waals surface area (Å²) in [6.07, 6.45) is 2.46. The predicted molar refractivity (Wildman–Crippen MR) is 80.6 cm³/mol. The Balaban J connectivity index is 1.96. The summed E-state index contributed by atoms with van der Waals surface area (Å²) in [5.41, 5.74) is 1.86. The summed E-state index contributed by atoms with van der Waals surface area (Å²) in [4.78, 5) is 23.1. The molecule has 0 heterocycles. The zero-order valence-corrected chi connectivity index (χ0v) is 12.9. The molecule has 0 radical (unpaired) electrons. The number of carbonyl (C=O) groups excluding carboxylic acids is 1. The van der Waals surface area contributed by atoms with E-state index in [2.05, 4.69) is 21.2 Å². The van der Waals surface area contributed by atoms with Crippen LogP contribution in [0.25, 0.3) is 0 Å². The van der Waals surface area contributed by atoms with Crippen molar-refractivity contribution in [2.75, 3.05) is 5.32 Å². The topological polar surface area (TPSA) is 66.4 Å². The van der Waals surface area contributed by atoms with Crippen molar-refractivity contribution in [2.45, 2.75) is 32.6 Å². The van der Waals surface area contributed by atoms with Crippen molar-refractivity contribution in [3.05, 3.63) is 28.2 Å². The molecule has 1 aromatic carbocycles. The Labute approximate surface area is 126 Å². The number of hydrogen-bond donors (Lipinski definition) is 2. The Morgan fingerprint density at radius 2 is 1.80 bits per heavy atom. The third-order valence-electron chi connectivity index (χ3n) is 3.83. The fourth-order valence-corrected chi connectivity index (χ4v) is 2.92. The van der Waals surface area contributed by atoms with Crippen LogP contribution in [0.1, 0.15) is 31.2 Å². The van der Waals surface area contributed by atoms with Crippen molar-refractivity contribution < 1.29 is 14.7 Å². The van der Waals surface area contributed by atoms with Gasteiger partial charge in [0.1, 0.15) is 0 Å². The van der Waals surface area contributed by atoms with Gasteiger partial charge in [0.25, 0.3) is 0 Å². The van der Waals surface area contributed by atoms with Gasteiger partial charge < -0.3 is 10.4 Å². The Morgan fingerprint density at radius 1 is 1.20 bits per heavy atom. The van der Waals surface area contributed by atoms with E-state index in [-0.39, 0.29) is 17.7 Å². The van der Waals surface area contributed by atoms with Gasteiger partial charge in [-0.3, -0.25) is 9.59 Å². The van der Waals surface area contributed by atoms with E-state index >= 15 is 0 Å². The first-order chi connectivity index (χ1) is 9.47. The van der Waals surface area contributed by atoms with Crippen molar-refractivity contribution >= 4 is 33.5 Å². The summed E-state index contributed by atoms with van der Waals surface area (Å²) in [5.74, 6) is -1.13. The minimum atomic E-state index is -0.745. The Kier molecular flexibility index (Phi) is 4.81. The number of hydrogen-bond acceptors (Lipinski definition) is 2. The lowest BCUT2D eigenvalue weighted by molar-refractivity contribution is -0.143. The van der Waals surface area contributed by atoms with E-state index in [1.807, 2.05) is 25.1 Å². The number of carbonyl (C=O) groups is 2. The Morgan fingerprint density at radius 3 is 2.40 bits per heavy atom. The number of amides is 1. The summed E-state index contributed by atoms with van der Waals surface area (Å²) in [6, 6.07) is 5.80. The highest BCUT2D eigenvalue weighted by molar-refractivity contribution is 9.10. The molecule has 0 aliphatic heterocycles. The Hall–Kier alpha value is -1.36. The summed E-state index contributed by atoms with van der Waals surface area (Å²) in [5, 5.41) is 11.9. The van der Waals surface area contributed by atoms with E-state index in [9.17, 15) is 9.59 Å². The van der Waals surface area contributed by atoms with Gasteiger partial charge in [0.05, 0.1) is 11.6 Å². The van der Waals surface area contributed by atoms with Crippen LogP contribution in [0.3, 0.4) is 0 Å². The van der Waals surface area contributed by atoms with E-state index in [0.717, 1.165) is 15.7 Å². The van der Waals surface area contributed by atoms with Gasteiger partial charge in [0.15, 0.2) is 0 Å². The van der Waals surface area contributed by atoms with Crippen LogP contribution >= 0.6 is 15.9 Å². The molecule has 4 nitrogen and oxygen atoms in total. The molecule has 1 aliphatic carbocycles. The normalized spacial score (nSPS) is 22.3. The highest BCUT2D eigenvalue weighted by atomic mass is 79.9. The maximum atomic E-state index is 12.2. The molecule has 1 aromatic rings. The average molecular weight is 340 g/mol. The number of rotatable bonds is 3. The number of aryl methyl sites for hydroxylation is 1. The average Bonchev–Trinajstić information content (AvgIpc) is 2.43. The van der Waals surface area contributed by atoms with E-state index in [1.54, 1.807) is 0 Å². The highest BCUT2D eigenvalue weighted by Crippen LogP contribution is 2.31. The van der Waals surface area contributed by atoms with Crippen LogP contribution in [0, 0.1) is 18.8 Å². The molecule has 0 spiro atoms.